The van der Waals surface area contributed by atoms with Gasteiger partial charge in [0.15, 0.2) is 0 Å². The molecule has 1 N–H and O–H groups in total. The van der Waals surface area contributed by atoms with Gasteiger partial charge in [0.25, 0.3) is 0 Å². The molecule has 0 bridgehead atoms. The van der Waals surface area contributed by atoms with Crippen LogP contribution in [0.15, 0.2) is 18.2 Å². The van der Waals surface area contributed by atoms with Crippen LogP contribution in [0.25, 0.3) is 0 Å². The van der Waals surface area contributed by atoms with Gasteiger partial charge < -0.3 is 9.84 Å². The lowest BCUT2D eigenvalue weighted by molar-refractivity contribution is 0.00657. The maximum atomic E-state index is 11.8. The quantitative estimate of drug-likeness (QED) is 0.659. The molecule has 0 amide bonds. The molecule has 0 unspecified atom stereocenters. The molecule has 92 valence electrons. The van der Waals surface area contributed by atoms with E-state index in [1.165, 1.54) is 6.07 Å². The van der Waals surface area contributed by atoms with Crippen LogP contribution in [0, 0.1) is 3.57 Å². The minimum atomic E-state index is -1.13. The number of ether oxygens (including phenoxy) is 1. The summed E-state index contributed by atoms with van der Waals surface area (Å²) >= 11 is 1.88. The Morgan fingerprint density at radius 2 is 1.88 bits per heavy atom. The van der Waals surface area contributed by atoms with Crippen LogP contribution in [0.2, 0.25) is 0 Å². The molecule has 1 aromatic carbocycles. The number of carbonyl (C=O) groups excluding carboxylic acids is 1. The lowest BCUT2D eigenvalue weighted by Crippen LogP contribution is -2.25. The first kappa shape index (κ1) is 14.0. The minimum Gasteiger partial charge on any atom is -0.478 e. The second kappa shape index (κ2) is 5.03. The summed E-state index contributed by atoms with van der Waals surface area (Å²) in [4.78, 5) is 22.9. The summed E-state index contributed by atoms with van der Waals surface area (Å²) in [5.74, 6) is -1.75. The highest BCUT2D eigenvalue weighted by molar-refractivity contribution is 14.1. The van der Waals surface area contributed by atoms with E-state index in [-0.39, 0.29) is 11.1 Å². The van der Waals surface area contributed by atoms with Gasteiger partial charge >= 0.3 is 11.9 Å². The predicted molar refractivity (Wildman–Crippen MR) is 71.3 cm³/mol. The summed E-state index contributed by atoms with van der Waals surface area (Å²) in [6, 6.07) is 4.73. The average Bonchev–Trinajstić information content (AvgIpc) is 2.13. The molecule has 0 aliphatic rings. The van der Waals surface area contributed by atoms with Gasteiger partial charge in [0, 0.05) is 3.57 Å². The Kier molecular flexibility index (Phi) is 4.13. The Balaban J connectivity index is 3.19. The van der Waals surface area contributed by atoms with E-state index in [0.717, 1.165) is 0 Å². The molecule has 5 heteroatoms. The number of aromatic carboxylic acids is 1. The number of carboxylic acids is 1. The molecule has 0 aromatic heterocycles. The van der Waals surface area contributed by atoms with E-state index in [1.54, 1.807) is 32.9 Å². The van der Waals surface area contributed by atoms with Crippen molar-refractivity contribution >= 4 is 34.5 Å². The Hall–Kier alpha value is -1.11. The number of rotatable bonds is 2. The number of hydrogen-bond donors (Lipinski definition) is 1. The van der Waals surface area contributed by atoms with Crippen molar-refractivity contribution in [1.29, 1.82) is 0 Å². The van der Waals surface area contributed by atoms with Gasteiger partial charge in [0.2, 0.25) is 0 Å². The van der Waals surface area contributed by atoms with Crippen LogP contribution in [0.1, 0.15) is 41.5 Å². The summed E-state index contributed by atoms with van der Waals surface area (Å²) < 4.78 is 5.68. The van der Waals surface area contributed by atoms with Crippen molar-refractivity contribution in [3.63, 3.8) is 0 Å². The van der Waals surface area contributed by atoms with Crippen LogP contribution in [0.3, 0.4) is 0 Å². The first-order valence-electron chi connectivity index (χ1n) is 4.97. The van der Waals surface area contributed by atoms with E-state index in [0.29, 0.717) is 3.57 Å². The second-order valence-corrected chi connectivity index (χ2v) is 5.63. The van der Waals surface area contributed by atoms with Crippen molar-refractivity contribution in [2.24, 2.45) is 0 Å². The number of esters is 1. The van der Waals surface area contributed by atoms with Gasteiger partial charge in [-0.15, -0.1) is 0 Å². The van der Waals surface area contributed by atoms with E-state index >= 15 is 0 Å². The van der Waals surface area contributed by atoms with Crippen molar-refractivity contribution in [2.75, 3.05) is 0 Å². The standard InChI is InChI=1S/C12H13IO4/c1-12(2,3)17-11(16)7-5-4-6-8(13)9(7)10(14)15/h4-6H,1-3H3,(H,14,15). The van der Waals surface area contributed by atoms with Gasteiger partial charge in [-0.05, 0) is 55.5 Å². The Morgan fingerprint density at radius 1 is 1.29 bits per heavy atom. The molecule has 0 aliphatic carbocycles. The number of benzene rings is 1. The van der Waals surface area contributed by atoms with Crippen LogP contribution in [-0.4, -0.2) is 22.6 Å². The fourth-order valence-corrected chi connectivity index (χ4v) is 1.97. The number of halogens is 1. The predicted octanol–water partition coefficient (Wildman–Crippen LogP) is 2.94. The number of carbonyl (C=O) groups is 2. The molecular weight excluding hydrogens is 335 g/mol. The second-order valence-electron chi connectivity index (χ2n) is 4.47. The molecule has 0 fully saturated rings. The Bertz CT molecular complexity index is 460. The highest BCUT2D eigenvalue weighted by Crippen LogP contribution is 2.20. The highest BCUT2D eigenvalue weighted by atomic mass is 127. The largest absolute Gasteiger partial charge is 0.478 e. The van der Waals surface area contributed by atoms with Crippen molar-refractivity contribution in [2.45, 2.75) is 26.4 Å². The van der Waals surface area contributed by atoms with E-state index in [2.05, 4.69) is 0 Å². The maximum Gasteiger partial charge on any atom is 0.339 e. The van der Waals surface area contributed by atoms with E-state index < -0.39 is 17.5 Å². The molecule has 0 saturated carbocycles. The van der Waals surface area contributed by atoms with Gasteiger partial charge in [0.1, 0.15) is 5.60 Å². The molecule has 0 aliphatic heterocycles. The molecule has 17 heavy (non-hydrogen) atoms. The van der Waals surface area contributed by atoms with Crippen molar-refractivity contribution < 1.29 is 19.4 Å². The molecule has 1 rings (SSSR count). The summed E-state index contributed by atoms with van der Waals surface area (Å²) in [7, 11) is 0. The monoisotopic (exact) mass is 348 g/mol. The molecule has 1 aromatic rings. The third-order valence-electron chi connectivity index (χ3n) is 1.85. The van der Waals surface area contributed by atoms with Gasteiger partial charge in [-0.1, -0.05) is 6.07 Å². The summed E-state index contributed by atoms with van der Waals surface area (Å²) in [6.45, 7) is 5.21. The van der Waals surface area contributed by atoms with Crippen molar-refractivity contribution in [3.8, 4) is 0 Å². The van der Waals surface area contributed by atoms with Gasteiger partial charge in [-0.25, -0.2) is 9.59 Å². The molecular formula is C12H13IO4. The van der Waals surface area contributed by atoms with E-state index in [9.17, 15) is 9.59 Å². The smallest absolute Gasteiger partial charge is 0.339 e. The fraction of sp³-hybridized carbons (Fsp3) is 0.333. The zero-order valence-electron chi connectivity index (χ0n) is 9.78. The van der Waals surface area contributed by atoms with Crippen LogP contribution in [-0.2, 0) is 4.74 Å². The van der Waals surface area contributed by atoms with E-state index in [4.69, 9.17) is 9.84 Å². The minimum absolute atomic E-state index is 0.0117. The first-order chi connectivity index (χ1) is 7.72. The Labute approximate surface area is 113 Å². The van der Waals surface area contributed by atoms with Crippen LogP contribution in [0.5, 0.6) is 0 Å². The topological polar surface area (TPSA) is 63.6 Å². The third kappa shape index (κ3) is 3.69. The van der Waals surface area contributed by atoms with Gasteiger partial charge in [-0.2, -0.15) is 0 Å². The van der Waals surface area contributed by atoms with Crippen molar-refractivity contribution in [3.05, 3.63) is 32.9 Å². The SMILES string of the molecule is CC(C)(C)OC(=O)c1cccc(I)c1C(=O)O. The van der Waals surface area contributed by atoms with Crippen LogP contribution < -0.4 is 0 Å². The maximum absolute atomic E-state index is 11.8. The molecule has 0 atom stereocenters. The van der Waals surface area contributed by atoms with Crippen LogP contribution in [0.4, 0.5) is 0 Å². The average molecular weight is 348 g/mol. The highest BCUT2D eigenvalue weighted by Gasteiger charge is 2.24. The molecule has 0 saturated heterocycles. The zero-order valence-corrected chi connectivity index (χ0v) is 11.9. The summed E-state index contributed by atoms with van der Waals surface area (Å²) in [5, 5.41) is 9.08. The summed E-state index contributed by atoms with van der Waals surface area (Å²) in [6.07, 6.45) is 0. The normalized spacial score (nSPS) is 11.1. The van der Waals surface area contributed by atoms with Gasteiger partial charge in [0.05, 0.1) is 11.1 Å². The third-order valence-corrected chi connectivity index (χ3v) is 2.75. The molecule has 0 heterocycles. The first-order valence-corrected chi connectivity index (χ1v) is 6.05. The molecule has 4 nitrogen and oxygen atoms in total. The molecule has 0 spiro atoms. The fourth-order valence-electron chi connectivity index (χ4n) is 1.24. The van der Waals surface area contributed by atoms with E-state index in [1.807, 2.05) is 22.6 Å². The number of carboxylic acid groups (broad SMARTS) is 1. The van der Waals surface area contributed by atoms with Crippen molar-refractivity contribution in [1.82, 2.24) is 0 Å². The molecule has 0 radical (unpaired) electrons. The lowest BCUT2D eigenvalue weighted by atomic mass is 10.1. The Morgan fingerprint density at radius 3 is 2.35 bits per heavy atom. The lowest BCUT2D eigenvalue weighted by Gasteiger charge is -2.20. The van der Waals surface area contributed by atoms with Crippen LogP contribution >= 0.6 is 22.6 Å². The summed E-state index contributed by atoms with van der Waals surface area (Å²) in [5.41, 5.74) is -0.574. The number of hydrogen-bond acceptors (Lipinski definition) is 3. The van der Waals surface area contributed by atoms with Gasteiger partial charge in [-0.3, -0.25) is 0 Å². The zero-order chi connectivity index (χ0) is 13.2.